The quantitative estimate of drug-likeness (QED) is 0.575. The van der Waals surface area contributed by atoms with Crippen LogP contribution in [0.15, 0.2) is 11.6 Å². The van der Waals surface area contributed by atoms with Crippen molar-refractivity contribution < 1.29 is 5.11 Å². The van der Waals surface area contributed by atoms with Crippen LogP contribution in [0.5, 0.6) is 0 Å². The van der Waals surface area contributed by atoms with Gasteiger partial charge in [-0.15, -0.1) is 0 Å². The highest BCUT2D eigenvalue weighted by molar-refractivity contribution is 5.05. The average molecular weight is 154 g/mol. The molecule has 0 aromatic heterocycles. The van der Waals surface area contributed by atoms with Crippen LogP contribution in [-0.2, 0) is 0 Å². The van der Waals surface area contributed by atoms with Gasteiger partial charge in [-0.2, -0.15) is 0 Å². The first kappa shape index (κ1) is 8.79. The Morgan fingerprint density at radius 2 is 2.27 bits per heavy atom. The number of hydrogen-bond donors (Lipinski definition) is 1. The minimum absolute atomic E-state index is 0.144. The van der Waals surface area contributed by atoms with Crippen LogP contribution in [0.1, 0.15) is 33.6 Å². The molecule has 0 aromatic carbocycles. The van der Waals surface area contributed by atoms with E-state index in [1.54, 1.807) is 0 Å². The Labute approximate surface area is 69.1 Å². The lowest BCUT2D eigenvalue weighted by Gasteiger charge is -2.29. The molecule has 1 aliphatic carbocycles. The van der Waals surface area contributed by atoms with Crippen molar-refractivity contribution in [2.24, 2.45) is 11.8 Å². The van der Waals surface area contributed by atoms with Crippen molar-refractivity contribution in [1.82, 2.24) is 0 Å². The van der Waals surface area contributed by atoms with E-state index in [1.165, 1.54) is 5.57 Å². The van der Waals surface area contributed by atoms with E-state index >= 15 is 0 Å². The summed E-state index contributed by atoms with van der Waals surface area (Å²) in [7, 11) is 0. The molecule has 1 nitrogen and oxygen atoms in total. The van der Waals surface area contributed by atoms with E-state index in [9.17, 15) is 5.11 Å². The highest BCUT2D eigenvalue weighted by atomic mass is 16.3. The van der Waals surface area contributed by atoms with Crippen molar-refractivity contribution in [2.75, 3.05) is 0 Å². The summed E-state index contributed by atoms with van der Waals surface area (Å²) < 4.78 is 0. The van der Waals surface area contributed by atoms with E-state index in [1.807, 2.05) is 6.92 Å². The van der Waals surface area contributed by atoms with Crippen LogP contribution in [0, 0.1) is 11.8 Å². The average Bonchev–Trinajstić information content (AvgIpc) is 1.85. The van der Waals surface area contributed by atoms with Gasteiger partial charge in [0.2, 0.25) is 0 Å². The molecule has 1 rings (SSSR count). The number of aliphatic hydroxyl groups is 1. The Bertz CT molecular complexity index is 158. The van der Waals surface area contributed by atoms with Gasteiger partial charge in [0, 0.05) is 0 Å². The summed E-state index contributed by atoms with van der Waals surface area (Å²) >= 11 is 0. The zero-order chi connectivity index (χ0) is 8.43. The zero-order valence-corrected chi connectivity index (χ0v) is 7.67. The summed E-state index contributed by atoms with van der Waals surface area (Å²) in [6.07, 6.45) is 4.34. The van der Waals surface area contributed by atoms with Gasteiger partial charge in [0.05, 0.1) is 6.10 Å². The van der Waals surface area contributed by atoms with Gasteiger partial charge in [-0.3, -0.25) is 0 Å². The topological polar surface area (TPSA) is 20.2 Å². The fraction of sp³-hybridized carbons (Fsp3) is 0.800. The molecular weight excluding hydrogens is 136 g/mol. The third kappa shape index (κ3) is 2.06. The number of aliphatic hydroxyl groups excluding tert-OH is 1. The lowest BCUT2D eigenvalue weighted by atomic mass is 9.78. The molecule has 1 N–H and O–H groups in total. The van der Waals surface area contributed by atoms with E-state index in [0.717, 1.165) is 12.8 Å². The summed E-state index contributed by atoms with van der Waals surface area (Å²) in [5.41, 5.74) is 1.48. The summed E-state index contributed by atoms with van der Waals surface area (Å²) in [4.78, 5) is 0. The molecule has 0 radical (unpaired) electrons. The molecule has 0 aromatic rings. The molecule has 11 heavy (non-hydrogen) atoms. The van der Waals surface area contributed by atoms with Crippen molar-refractivity contribution in [3.8, 4) is 0 Å². The Kier molecular flexibility index (Phi) is 2.72. The second kappa shape index (κ2) is 3.40. The van der Waals surface area contributed by atoms with Crippen LogP contribution >= 0.6 is 0 Å². The van der Waals surface area contributed by atoms with Crippen molar-refractivity contribution in [3.63, 3.8) is 0 Å². The Hall–Kier alpha value is -0.300. The van der Waals surface area contributed by atoms with Crippen LogP contribution in [0.25, 0.3) is 0 Å². The lowest BCUT2D eigenvalue weighted by Crippen LogP contribution is -2.25. The Balaban J connectivity index is 2.58. The maximum absolute atomic E-state index is 9.40. The molecule has 0 saturated carbocycles. The number of rotatable bonds is 1. The molecule has 0 aliphatic heterocycles. The van der Waals surface area contributed by atoms with Crippen molar-refractivity contribution in [2.45, 2.75) is 39.7 Å². The van der Waals surface area contributed by atoms with E-state index < -0.39 is 0 Å². The number of allylic oxidation sites excluding steroid dienone is 2. The molecule has 64 valence electrons. The van der Waals surface area contributed by atoms with Gasteiger partial charge >= 0.3 is 0 Å². The van der Waals surface area contributed by atoms with Crippen molar-refractivity contribution >= 4 is 0 Å². The molecule has 0 heterocycles. The van der Waals surface area contributed by atoms with Gasteiger partial charge in [-0.05, 0) is 38.5 Å². The Morgan fingerprint density at radius 3 is 2.73 bits per heavy atom. The maximum atomic E-state index is 9.40. The van der Waals surface area contributed by atoms with Gasteiger partial charge in [0.15, 0.2) is 0 Å². The summed E-state index contributed by atoms with van der Waals surface area (Å²) in [5.74, 6) is 1.14. The largest absolute Gasteiger partial charge is 0.393 e. The second-order valence-electron chi connectivity index (χ2n) is 3.87. The zero-order valence-electron chi connectivity index (χ0n) is 7.67. The first-order valence-electron chi connectivity index (χ1n) is 4.45. The molecule has 0 fully saturated rings. The number of hydrogen-bond acceptors (Lipinski definition) is 1. The summed E-state index contributed by atoms with van der Waals surface area (Å²) in [5, 5.41) is 9.40. The van der Waals surface area contributed by atoms with E-state index in [-0.39, 0.29) is 6.10 Å². The smallest absolute Gasteiger partial charge is 0.0545 e. The summed E-state index contributed by atoms with van der Waals surface area (Å²) in [6, 6.07) is 0. The van der Waals surface area contributed by atoms with Crippen LogP contribution in [0.2, 0.25) is 0 Å². The maximum Gasteiger partial charge on any atom is 0.0545 e. The van der Waals surface area contributed by atoms with Crippen molar-refractivity contribution in [1.29, 1.82) is 0 Å². The standard InChI is InChI=1S/C10H18O/c1-7-4-5-10(9(3)11)8(2)6-7/h4,8-11H,5-6H2,1-3H3/t8-,9?,10-/m1/s1. The minimum atomic E-state index is -0.144. The fourth-order valence-electron chi connectivity index (χ4n) is 1.98. The molecule has 0 saturated heterocycles. The fourth-order valence-corrected chi connectivity index (χ4v) is 1.98. The van der Waals surface area contributed by atoms with E-state index in [4.69, 9.17) is 0 Å². The third-order valence-electron chi connectivity index (χ3n) is 2.73. The van der Waals surface area contributed by atoms with Gasteiger partial charge in [0.25, 0.3) is 0 Å². The van der Waals surface area contributed by atoms with Gasteiger partial charge in [0.1, 0.15) is 0 Å². The second-order valence-corrected chi connectivity index (χ2v) is 3.87. The first-order valence-corrected chi connectivity index (χ1v) is 4.45. The van der Waals surface area contributed by atoms with E-state index in [2.05, 4.69) is 19.9 Å². The monoisotopic (exact) mass is 154 g/mol. The van der Waals surface area contributed by atoms with Crippen molar-refractivity contribution in [3.05, 3.63) is 11.6 Å². The van der Waals surface area contributed by atoms with Crippen LogP contribution < -0.4 is 0 Å². The van der Waals surface area contributed by atoms with Crippen LogP contribution in [-0.4, -0.2) is 11.2 Å². The molecule has 3 atom stereocenters. The molecule has 0 bridgehead atoms. The Morgan fingerprint density at radius 1 is 1.64 bits per heavy atom. The molecule has 0 spiro atoms. The third-order valence-corrected chi connectivity index (χ3v) is 2.73. The van der Waals surface area contributed by atoms with Gasteiger partial charge < -0.3 is 5.11 Å². The van der Waals surface area contributed by atoms with Crippen LogP contribution in [0.3, 0.4) is 0 Å². The van der Waals surface area contributed by atoms with Gasteiger partial charge in [-0.25, -0.2) is 0 Å². The normalized spacial score (nSPS) is 34.7. The highest BCUT2D eigenvalue weighted by Crippen LogP contribution is 2.31. The molecular formula is C10H18O. The SMILES string of the molecule is CC1=CC[C@@H](C(C)O)[C@H](C)C1. The molecule has 1 aliphatic rings. The first-order chi connectivity index (χ1) is 5.11. The van der Waals surface area contributed by atoms with Crippen LogP contribution in [0.4, 0.5) is 0 Å². The summed E-state index contributed by atoms with van der Waals surface area (Å²) in [6.45, 7) is 6.30. The molecule has 0 amide bonds. The highest BCUT2D eigenvalue weighted by Gasteiger charge is 2.24. The minimum Gasteiger partial charge on any atom is -0.393 e. The molecule has 1 unspecified atom stereocenters. The predicted molar refractivity (Wildman–Crippen MR) is 47.3 cm³/mol. The van der Waals surface area contributed by atoms with Gasteiger partial charge in [-0.1, -0.05) is 18.6 Å². The molecule has 1 heteroatoms. The van der Waals surface area contributed by atoms with E-state index in [0.29, 0.717) is 11.8 Å². The predicted octanol–water partition coefficient (Wildman–Crippen LogP) is 2.36. The lowest BCUT2D eigenvalue weighted by molar-refractivity contribution is 0.0901.